The van der Waals surface area contributed by atoms with E-state index < -0.39 is 6.10 Å². The number of hydrogen-bond acceptors (Lipinski definition) is 10. The maximum atomic E-state index is 12.7. The minimum Gasteiger partial charge on any atom is -0.397 e. The van der Waals surface area contributed by atoms with Crippen molar-refractivity contribution in [2.45, 2.75) is 96.0 Å². The van der Waals surface area contributed by atoms with Crippen LogP contribution in [-0.4, -0.2) is 53.1 Å². The first-order chi connectivity index (χ1) is 28.7. The molecular weight excluding hydrogens is 775 g/mol. The molecule has 59 heavy (non-hydrogen) atoms. The van der Waals surface area contributed by atoms with E-state index in [1.165, 1.54) is 96.4 Å². The Balaban J connectivity index is 0.000000165. The highest BCUT2D eigenvalue weighted by molar-refractivity contribution is 7.21. The smallest absolute Gasteiger partial charge is 0.263 e. The number of nitrogens with zero attached hydrogens (tertiary/aromatic N) is 3. The van der Waals surface area contributed by atoms with Crippen LogP contribution in [0.1, 0.15) is 123 Å². The number of benzene rings is 2. The number of nitrogens with two attached hydrogens (primary N) is 2. The number of nitrogen functional groups attached to an aromatic ring is 2. The number of aromatic nitrogens is 2. The molecule has 0 spiro atoms. The Morgan fingerprint density at radius 3 is 1.95 bits per heavy atom. The molecule has 12 heteroatoms. The van der Waals surface area contributed by atoms with Crippen LogP contribution in [0.2, 0.25) is 0 Å². The van der Waals surface area contributed by atoms with Crippen LogP contribution < -0.4 is 27.0 Å². The first kappa shape index (κ1) is 40.7. The summed E-state index contributed by atoms with van der Waals surface area (Å²) >= 11 is 2.66. The quantitative estimate of drug-likeness (QED) is 0.0915. The topological polar surface area (TPSA) is 159 Å². The Hall–Kier alpha value is -5.04. The SMILES string of the molecule is Cc1ccc2c(N)c(C(=O)NCCc3ccc(N4CCCCC4)cc3)sc2n1.Nc1c(C(=O)NCCc2ccc(C3CCCCC3)cc2)sc2nc3c(cc12)CCC3O. The van der Waals surface area contributed by atoms with Crippen LogP contribution in [0.3, 0.4) is 0 Å². The summed E-state index contributed by atoms with van der Waals surface area (Å²) in [6, 6.07) is 23.5. The summed E-state index contributed by atoms with van der Waals surface area (Å²) in [6.07, 6.45) is 13.2. The van der Waals surface area contributed by atoms with Gasteiger partial charge in [-0.25, -0.2) is 9.97 Å². The Morgan fingerprint density at radius 2 is 1.31 bits per heavy atom. The lowest BCUT2D eigenvalue weighted by Gasteiger charge is -2.28. The lowest BCUT2D eigenvalue weighted by atomic mass is 9.84. The number of aliphatic hydroxyl groups excluding tert-OH is 1. The molecule has 5 heterocycles. The number of fused-ring (bicyclic) bond motifs is 3. The Bertz CT molecular complexity index is 2410. The highest BCUT2D eigenvalue weighted by Crippen LogP contribution is 2.39. The Labute approximate surface area is 354 Å². The zero-order valence-electron chi connectivity index (χ0n) is 33.9. The van der Waals surface area contributed by atoms with Gasteiger partial charge in [0, 0.05) is 48.3 Å². The van der Waals surface area contributed by atoms with Crippen molar-refractivity contribution >= 4 is 72.0 Å². The molecule has 1 atom stereocenters. The number of carbonyl (C=O) groups excluding carboxylic acids is 2. The third-order valence-electron chi connectivity index (χ3n) is 12.1. The van der Waals surface area contributed by atoms with Gasteiger partial charge in [-0.1, -0.05) is 55.7 Å². The fourth-order valence-electron chi connectivity index (χ4n) is 8.66. The van der Waals surface area contributed by atoms with Crippen LogP contribution in [0.15, 0.2) is 66.7 Å². The molecule has 2 aliphatic carbocycles. The zero-order chi connectivity index (χ0) is 40.9. The Morgan fingerprint density at radius 1 is 0.729 bits per heavy atom. The van der Waals surface area contributed by atoms with Crippen molar-refractivity contribution in [3.8, 4) is 0 Å². The van der Waals surface area contributed by atoms with Gasteiger partial charge in [0.15, 0.2) is 0 Å². The highest BCUT2D eigenvalue weighted by Gasteiger charge is 2.26. The van der Waals surface area contributed by atoms with Crippen molar-refractivity contribution < 1.29 is 14.7 Å². The molecule has 1 saturated carbocycles. The second kappa shape index (κ2) is 18.5. The molecule has 3 aliphatic rings. The van der Waals surface area contributed by atoms with E-state index in [2.05, 4.69) is 74.0 Å². The van der Waals surface area contributed by atoms with Gasteiger partial charge in [-0.3, -0.25) is 9.59 Å². The normalized spacial score (nSPS) is 16.8. The van der Waals surface area contributed by atoms with E-state index in [1.54, 1.807) is 0 Å². The predicted octanol–water partition coefficient (Wildman–Crippen LogP) is 9.03. The number of hydrogen-bond donors (Lipinski definition) is 5. The van der Waals surface area contributed by atoms with Crippen molar-refractivity contribution in [2.24, 2.45) is 0 Å². The van der Waals surface area contributed by atoms with E-state index >= 15 is 0 Å². The van der Waals surface area contributed by atoms with Gasteiger partial charge < -0.3 is 32.1 Å². The minimum atomic E-state index is -0.510. The van der Waals surface area contributed by atoms with Crippen LogP contribution in [0.4, 0.5) is 17.1 Å². The summed E-state index contributed by atoms with van der Waals surface area (Å²) in [5, 5.41) is 17.8. The molecule has 1 aliphatic heterocycles. The van der Waals surface area contributed by atoms with E-state index in [9.17, 15) is 14.7 Å². The number of thiophene rings is 2. The molecule has 2 aromatic carbocycles. The summed E-state index contributed by atoms with van der Waals surface area (Å²) in [5.41, 5.74) is 21.4. The van der Waals surface area contributed by atoms with Crippen molar-refractivity contribution in [3.05, 3.63) is 110 Å². The maximum absolute atomic E-state index is 12.7. The number of piperidine rings is 1. The first-order valence-corrected chi connectivity index (χ1v) is 22.9. The van der Waals surface area contributed by atoms with Gasteiger partial charge in [-0.05, 0) is 123 Å². The van der Waals surface area contributed by atoms with E-state index in [0.29, 0.717) is 40.6 Å². The van der Waals surface area contributed by atoms with Crippen molar-refractivity contribution in [1.82, 2.24) is 20.6 Å². The minimum absolute atomic E-state index is 0.122. The van der Waals surface area contributed by atoms with Gasteiger partial charge in [0.25, 0.3) is 11.8 Å². The average Bonchev–Trinajstić information content (AvgIpc) is 3.92. The summed E-state index contributed by atoms with van der Waals surface area (Å²) in [4.78, 5) is 39.4. The molecule has 2 amide bonds. The summed E-state index contributed by atoms with van der Waals surface area (Å²) in [7, 11) is 0. The number of nitrogens with one attached hydrogen (secondary N) is 2. The lowest BCUT2D eigenvalue weighted by molar-refractivity contribution is 0.0950. The second-order valence-corrected chi connectivity index (χ2v) is 18.2. The lowest BCUT2D eigenvalue weighted by Crippen LogP contribution is -2.29. The van der Waals surface area contributed by atoms with Crippen LogP contribution >= 0.6 is 22.7 Å². The standard InChI is InChI=1S/C25H29N3O2S.C22H26N4OS/c26-21-19-14-18-10-11-20(29)22(18)28-25(19)31-23(21)24(30)27-13-12-15-6-8-17(9-7-15)16-4-2-1-3-5-16;1-15-5-10-18-19(23)20(28-22(18)25-15)21(27)24-12-11-16-6-8-17(9-7-16)26-13-3-2-4-14-26/h6-9,14,16,20,29H,1-5,10-13,26H2,(H,27,30);5-10H,2-4,11-14,23H2,1H3,(H,24,27). The largest absolute Gasteiger partial charge is 0.397 e. The third-order valence-corrected chi connectivity index (χ3v) is 14.3. The molecule has 1 saturated heterocycles. The van der Waals surface area contributed by atoms with E-state index in [-0.39, 0.29) is 11.8 Å². The molecule has 7 N–H and O–H groups in total. The molecule has 9 rings (SSSR count). The average molecular weight is 830 g/mol. The van der Waals surface area contributed by atoms with Crippen LogP contribution in [0, 0.1) is 6.92 Å². The number of amides is 2. The number of aliphatic hydroxyl groups is 1. The van der Waals surface area contributed by atoms with Gasteiger partial charge >= 0.3 is 0 Å². The number of aryl methyl sites for hydroxylation is 2. The summed E-state index contributed by atoms with van der Waals surface area (Å²) < 4.78 is 0. The first-order valence-electron chi connectivity index (χ1n) is 21.3. The maximum Gasteiger partial charge on any atom is 0.263 e. The summed E-state index contributed by atoms with van der Waals surface area (Å²) in [5.74, 6) is 0.442. The van der Waals surface area contributed by atoms with Crippen LogP contribution in [0.5, 0.6) is 0 Å². The number of carbonyl (C=O) groups is 2. The van der Waals surface area contributed by atoms with Crippen LogP contribution in [0.25, 0.3) is 20.4 Å². The summed E-state index contributed by atoms with van der Waals surface area (Å²) in [6.45, 7) is 5.40. The van der Waals surface area contributed by atoms with Gasteiger partial charge in [-0.15, -0.1) is 22.7 Å². The fraction of sp³-hybridized carbons (Fsp3) is 0.404. The molecular formula is C47H55N7O3S2. The molecule has 4 aromatic heterocycles. The Kier molecular flexibility index (Phi) is 12.8. The van der Waals surface area contributed by atoms with Crippen molar-refractivity contribution in [3.63, 3.8) is 0 Å². The van der Waals surface area contributed by atoms with Gasteiger partial charge in [0.2, 0.25) is 0 Å². The number of anilines is 3. The third kappa shape index (κ3) is 9.40. The predicted molar refractivity (Wildman–Crippen MR) is 243 cm³/mol. The fourth-order valence-corrected chi connectivity index (χ4v) is 10.7. The van der Waals surface area contributed by atoms with Crippen LogP contribution in [-0.2, 0) is 19.3 Å². The van der Waals surface area contributed by atoms with Crippen molar-refractivity contribution in [2.75, 3.05) is 42.5 Å². The van der Waals surface area contributed by atoms with Gasteiger partial charge in [0.1, 0.15) is 19.4 Å². The second-order valence-electron chi connectivity index (χ2n) is 16.2. The molecule has 1 unspecified atom stereocenters. The molecule has 0 radical (unpaired) electrons. The van der Waals surface area contributed by atoms with E-state index in [4.69, 9.17) is 11.5 Å². The van der Waals surface area contributed by atoms with Gasteiger partial charge in [-0.2, -0.15) is 0 Å². The number of rotatable bonds is 10. The van der Waals surface area contributed by atoms with Crippen molar-refractivity contribution in [1.29, 1.82) is 0 Å². The monoisotopic (exact) mass is 829 g/mol. The molecule has 10 nitrogen and oxygen atoms in total. The molecule has 2 fully saturated rings. The molecule has 0 bridgehead atoms. The number of pyridine rings is 2. The highest BCUT2D eigenvalue weighted by atomic mass is 32.1. The van der Waals surface area contributed by atoms with E-state index in [0.717, 1.165) is 75.7 Å². The molecule has 308 valence electrons. The zero-order valence-corrected chi connectivity index (χ0v) is 35.5. The van der Waals surface area contributed by atoms with E-state index in [1.807, 2.05) is 25.1 Å². The van der Waals surface area contributed by atoms with Gasteiger partial charge in [0.05, 0.1) is 23.2 Å². The molecule has 6 aromatic rings.